The van der Waals surface area contributed by atoms with Crippen molar-refractivity contribution in [3.63, 3.8) is 0 Å². The van der Waals surface area contributed by atoms with Gasteiger partial charge in [-0.05, 0) is 31.7 Å². The molecule has 0 heterocycles. The van der Waals surface area contributed by atoms with Gasteiger partial charge in [0.05, 0.1) is 6.54 Å². The first-order chi connectivity index (χ1) is 7.33. The van der Waals surface area contributed by atoms with Gasteiger partial charge in [0.1, 0.15) is 0 Å². The van der Waals surface area contributed by atoms with E-state index in [9.17, 15) is 4.79 Å². The van der Waals surface area contributed by atoms with Crippen LogP contribution in [-0.2, 0) is 4.79 Å². The van der Waals surface area contributed by atoms with Crippen molar-refractivity contribution in [2.75, 3.05) is 19.6 Å². The predicted molar refractivity (Wildman–Crippen MR) is 62.7 cm³/mol. The third kappa shape index (κ3) is 7.37. The monoisotopic (exact) mass is 212 g/mol. The average Bonchev–Trinajstić information content (AvgIpc) is 3.02. The molecule has 2 N–H and O–H groups in total. The molecule has 1 fully saturated rings. The van der Waals surface area contributed by atoms with Crippen molar-refractivity contribution in [1.29, 1.82) is 0 Å². The van der Waals surface area contributed by atoms with Crippen LogP contribution in [0.4, 0.5) is 0 Å². The first kappa shape index (κ1) is 12.5. The minimum atomic E-state index is 0.134. The van der Waals surface area contributed by atoms with E-state index < -0.39 is 0 Å². The predicted octanol–water partition coefficient (Wildman–Crippen LogP) is 1.68. The van der Waals surface area contributed by atoms with Gasteiger partial charge in [-0.3, -0.25) is 4.79 Å². The van der Waals surface area contributed by atoms with Gasteiger partial charge in [-0.2, -0.15) is 0 Å². The standard InChI is InChI=1S/C12H24N2O/c1-2-3-9-14-12(15)10-13-8-4-5-11-6-7-11/h11,13H,2-10H2,1H3,(H,14,15). The Bertz CT molecular complexity index is 178. The number of hydrogen-bond acceptors (Lipinski definition) is 2. The second-order valence-electron chi connectivity index (χ2n) is 4.47. The van der Waals surface area contributed by atoms with E-state index in [-0.39, 0.29) is 5.91 Å². The molecule has 0 bridgehead atoms. The van der Waals surface area contributed by atoms with Crippen molar-refractivity contribution in [2.45, 2.75) is 45.4 Å². The van der Waals surface area contributed by atoms with E-state index in [1.54, 1.807) is 0 Å². The number of carbonyl (C=O) groups excluding carboxylic acids is 1. The molecule has 1 aliphatic rings. The Hall–Kier alpha value is -0.570. The maximum absolute atomic E-state index is 11.3. The number of rotatable bonds is 9. The second-order valence-corrected chi connectivity index (χ2v) is 4.47. The summed E-state index contributed by atoms with van der Waals surface area (Å²) >= 11 is 0. The number of nitrogens with one attached hydrogen (secondary N) is 2. The van der Waals surface area contributed by atoms with Crippen molar-refractivity contribution in [1.82, 2.24) is 10.6 Å². The molecule has 1 rings (SSSR count). The molecule has 0 saturated heterocycles. The quantitative estimate of drug-likeness (QED) is 0.571. The fourth-order valence-corrected chi connectivity index (χ4v) is 1.59. The normalized spacial score (nSPS) is 15.3. The molecule has 0 aliphatic heterocycles. The highest BCUT2D eigenvalue weighted by Crippen LogP contribution is 2.33. The van der Waals surface area contributed by atoms with Crippen LogP contribution in [0.1, 0.15) is 45.4 Å². The molecule has 3 nitrogen and oxygen atoms in total. The van der Waals surface area contributed by atoms with Crippen LogP contribution in [0.2, 0.25) is 0 Å². The molecule has 0 spiro atoms. The fourth-order valence-electron chi connectivity index (χ4n) is 1.59. The Morgan fingerprint density at radius 2 is 2.07 bits per heavy atom. The topological polar surface area (TPSA) is 41.1 Å². The second kappa shape index (κ2) is 7.69. The van der Waals surface area contributed by atoms with Crippen LogP contribution in [0, 0.1) is 5.92 Å². The van der Waals surface area contributed by atoms with E-state index >= 15 is 0 Å². The van der Waals surface area contributed by atoms with Gasteiger partial charge in [-0.25, -0.2) is 0 Å². The lowest BCUT2D eigenvalue weighted by atomic mass is 10.2. The molecule has 15 heavy (non-hydrogen) atoms. The number of amides is 1. The van der Waals surface area contributed by atoms with Crippen LogP contribution >= 0.6 is 0 Å². The van der Waals surface area contributed by atoms with E-state index in [0.717, 1.165) is 31.8 Å². The van der Waals surface area contributed by atoms with Gasteiger partial charge in [0.2, 0.25) is 5.91 Å². The number of carbonyl (C=O) groups is 1. The van der Waals surface area contributed by atoms with Crippen molar-refractivity contribution in [3.8, 4) is 0 Å². The van der Waals surface area contributed by atoms with E-state index in [4.69, 9.17) is 0 Å². The van der Waals surface area contributed by atoms with E-state index in [1.807, 2.05) is 0 Å². The van der Waals surface area contributed by atoms with Gasteiger partial charge >= 0.3 is 0 Å². The molecule has 88 valence electrons. The highest BCUT2D eigenvalue weighted by atomic mass is 16.1. The molecule has 1 saturated carbocycles. The zero-order chi connectivity index (χ0) is 10.9. The molecule has 1 amide bonds. The lowest BCUT2D eigenvalue weighted by Crippen LogP contribution is -2.34. The highest BCUT2D eigenvalue weighted by molar-refractivity contribution is 5.77. The van der Waals surface area contributed by atoms with Crippen LogP contribution in [-0.4, -0.2) is 25.5 Å². The molecule has 3 heteroatoms. The Morgan fingerprint density at radius 3 is 2.73 bits per heavy atom. The minimum Gasteiger partial charge on any atom is -0.355 e. The molecule has 0 radical (unpaired) electrons. The lowest BCUT2D eigenvalue weighted by molar-refractivity contribution is -0.120. The maximum Gasteiger partial charge on any atom is 0.233 e. The summed E-state index contributed by atoms with van der Waals surface area (Å²) in [5.41, 5.74) is 0. The van der Waals surface area contributed by atoms with E-state index in [1.165, 1.54) is 25.7 Å². The zero-order valence-electron chi connectivity index (χ0n) is 9.85. The molecule has 0 atom stereocenters. The Labute approximate surface area is 93.0 Å². The van der Waals surface area contributed by atoms with Gasteiger partial charge in [-0.15, -0.1) is 0 Å². The minimum absolute atomic E-state index is 0.134. The molecule has 1 aliphatic carbocycles. The first-order valence-corrected chi connectivity index (χ1v) is 6.30. The fraction of sp³-hybridized carbons (Fsp3) is 0.917. The molecular weight excluding hydrogens is 188 g/mol. The smallest absolute Gasteiger partial charge is 0.233 e. The molecule has 0 aromatic heterocycles. The Balaban J connectivity index is 1.78. The molecule has 0 unspecified atom stereocenters. The summed E-state index contributed by atoms with van der Waals surface area (Å²) in [6.45, 7) is 4.41. The van der Waals surface area contributed by atoms with Crippen molar-refractivity contribution < 1.29 is 4.79 Å². The average molecular weight is 212 g/mol. The van der Waals surface area contributed by atoms with Crippen LogP contribution in [0.5, 0.6) is 0 Å². The van der Waals surface area contributed by atoms with Crippen LogP contribution in [0.3, 0.4) is 0 Å². The van der Waals surface area contributed by atoms with Crippen molar-refractivity contribution in [3.05, 3.63) is 0 Å². The maximum atomic E-state index is 11.3. The van der Waals surface area contributed by atoms with Gasteiger partial charge in [-0.1, -0.05) is 26.2 Å². The lowest BCUT2D eigenvalue weighted by Gasteiger charge is -2.05. The van der Waals surface area contributed by atoms with E-state index in [2.05, 4.69) is 17.6 Å². The summed E-state index contributed by atoms with van der Waals surface area (Å²) in [5.74, 6) is 1.14. The SMILES string of the molecule is CCCCNC(=O)CNCCCC1CC1. The Kier molecular flexibility index (Phi) is 6.41. The van der Waals surface area contributed by atoms with Gasteiger partial charge in [0.25, 0.3) is 0 Å². The summed E-state index contributed by atoms with van der Waals surface area (Å²) in [5, 5.41) is 6.08. The summed E-state index contributed by atoms with van der Waals surface area (Å²) in [6.07, 6.45) is 7.62. The van der Waals surface area contributed by atoms with Crippen LogP contribution < -0.4 is 10.6 Å². The summed E-state index contributed by atoms with van der Waals surface area (Å²) < 4.78 is 0. The van der Waals surface area contributed by atoms with Crippen molar-refractivity contribution in [2.24, 2.45) is 5.92 Å². The zero-order valence-corrected chi connectivity index (χ0v) is 9.85. The third-order valence-corrected chi connectivity index (χ3v) is 2.80. The third-order valence-electron chi connectivity index (χ3n) is 2.80. The van der Waals surface area contributed by atoms with E-state index in [0.29, 0.717) is 6.54 Å². The largest absolute Gasteiger partial charge is 0.355 e. The molecule has 0 aromatic carbocycles. The van der Waals surface area contributed by atoms with Crippen molar-refractivity contribution >= 4 is 5.91 Å². The summed E-state index contributed by atoms with van der Waals surface area (Å²) in [6, 6.07) is 0. The van der Waals surface area contributed by atoms with Crippen LogP contribution in [0.15, 0.2) is 0 Å². The summed E-state index contributed by atoms with van der Waals surface area (Å²) in [4.78, 5) is 11.3. The number of unbranched alkanes of at least 4 members (excludes halogenated alkanes) is 1. The highest BCUT2D eigenvalue weighted by Gasteiger charge is 2.19. The first-order valence-electron chi connectivity index (χ1n) is 6.30. The molecular formula is C12H24N2O. The van der Waals surface area contributed by atoms with Gasteiger partial charge < -0.3 is 10.6 Å². The molecule has 0 aromatic rings. The van der Waals surface area contributed by atoms with Gasteiger partial charge in [0.15, 0.2) is 0 Å². The van der Waals surface area contributed by atoms with Crippen LogP contribution in [0.25, 0.3) is 0 Å². The number of hydrogen-bond donors (Lipinski definition) is 2. The van der Waals surface area contributed by atoms with Gasteiger partial charge in [0, 0.05) is 6.54 Å². The Morgan fingerprint density at radius 1 is 1.27 bits per heavy atom. The summed E-state index contributed by atoms with van der Waals surface area (Å²) in [7, 11) is 0.